The molecule has 2 atom stereocenters. The van der Waals surface area contributed by atoms with Gasteiger partial charge in [-0.2, -0.15) is 0 Å². The molecule has 5 heteroatoms. The van der Waals surface area contributed by atoms with Crippen molar-refractivity contribution in [1.29, 1.82) is 0 Å². The van der Waals surface area contributed by atoms with Crippen LogP contribution in [-0.4, -0.2) is 33.6 Å². The Balaban J connectivity index is 1.47. The van der Waals surface area contributed by atoms with E-state index in [1.54, 1.807) is 16.8 Å². The van der Waals surface area contributed by atoms with Crippen molar-refractivity contribution in [1.82, 2.24) is 14.5 Å². The lowest BCUT2D eigenvalue weighted by Crippen LogP contribution is -2.27. The molecule has 2 fully saturated rings. The number of nitrogens with zero attached hydrogens (tertiary/aromatic N) is 3. The first kappa shape index (κ1) is 12.7. The summed E-state index contributed by atoms with van der Waals surface area (Å²) in [5.74, 6) is 1.44. The van der Waals surface area contributed by atoms with Gasteiger partial charge in [0.05, 0.1) is 5.69 Å². The predicted molar refractivity (Wildman–Crippen MR) is 80.1 cm³/mol. The molecule has 1 saturated heterocycles. The molecule has 5 nitrogen and oxygen atoms in total. The topological polar surface area (TPSA) is 64.2 Å². The predicted octanol–water partition coefficient (Wildman–Crippen LogP) is 0.621. The number of benzene rings is 1. The van der Waals surface area contributed by atoms with Crippen molar-refractivity contribution < 1.29 is 0 Å². The largest absolute Gasteiger partial charge is 0.352 e. The number of hydrogen-bond acceptors (Lipinski definition) is 4. The molecule has 2 aromatic rings. The molecule has 2 aliphatic rings. The fourth-order valence-electron chi connectivity index (χ4n) is 3.36. The third-order valence-corrected chi connectivity index (χ3v) is 4.67. The first-order valence-electron chi connectivity index (χ1n) is 7.33. The van der Waals surface area contributed by atoms with Crippen LogP contribution in [0.5, 0.6) is 0 Å². The van der Waals surface area contributed by atoms with E-state index in [1.165, 1.54) is 11.8 Å². The minimum atomic E-state index is -0.251. The number of aromatic nitrogens is 2. The highest BCUT2D eigenvalue weighted by atomic mass is 16.1. The summed E-state index contributed by atoms with van der Waals surface area (Å²) in [4.78, 5) is 17.9. The molecule has 4 rings (SSSR count). The standard InChI is InChI=1S/C16H18N4O/c17-15-13-9-19(10-14(13)15)8-11-2-4-12(5-3-11)20-7-1-6-18-16(20)21/h1-7,13-15H,8-10,17H2. The van der Waals surface area contributed by atoms with E-state index in [2.05, 4.69) is 22.0 Å². The third kappa shape index (κ3) is 2.28. The lowest BCUT2D eigenvalue weighted by atomic mass is 10.2. The smallest absolute Gasteiger partial charge is 0.327 e. The minimum Gasteiger partial charge on any atom is -0.327 e. The number of likely N-dealkylation sites (tertiary alicyclic amines) is 1. The van der Waals surface area contributed by atoms with Gasteiger partial charge in [-0.3, -0.25) is 9.47 Å². The van der Waals surface area contributed by atoms with E-state index in [9.17, 15) is 4.79 Å². The number of fused-ring (bicyclic) bond motifs is 1. The number of rotatable bonds is 3. The zero-order valence-electron chi connectivity index (χ0n) is 11.7. The van der Waals surface area contributed by atoms with E-state index < -0.39 is 0 Å². The van der Waals surface area contributed by atoms with Gasteiger partial charge in [0.1, 0.15) is 0 Å². The van der Waals surface area contributed by atoms with Crippen LogP contribution < -0.4 is 11.4 Å². The molecule has 2 N–H and O–H groups in total. The Morgan fingerprint density at radius 1 is 1.19 bits per heavy atom. The number of piperidine rings is 1. The second-order valence-corrected chi connectivity index (χ2v) is 6.04. The monoisotopic (exact) mass is 282 g/mol. The van der Waals surface area contributed by atoms with Crippen LogP contribution in [0.2, 0.25) is 0 Å². The van der Waals surface area contributed by atoms with E-state index in [0.717, 1.165) is 37.2 Å². The van der Waals surface area contributed by atoms with E-state index in [0.29, 0.717) is 6.04 Å². The highest BCUT2D eigenvalue weighted by Gasteiger charge is 2.53. The molecule has 2 heterocycles. The number of hydrogen-bond donors (Lipinski definition) is 1. The molecule has 1 aliphatic heterocycles. The second-order valence-electron chi connectivity index (χ2n) is 6.04. The fraction of sp³-hybridized carbons (Fsp3) is 0.375. The van der Waals surface area contributed by atoms with Crippen LogP contribution in [0.3, 0.4) is 0 Å². The molecule has 1 saturated carbocycles. The average molecular weight is 282 g/mol. The lowest BCUT2D eigenvalue weighted by molar-refractivity contribution is 0.290. The van der Waals surface area contributed by atoms with Crippen molar-refractivity contribution in [2.45, 2.75) is 12.6 Å². The Kier molecular flexibility index (Phi) is 2.90. The van der Waals surface area contributed by atoms with E-state index >= 15 is 0 Å². The van der Waals surface area contributed by atoms with Crippen LogP contribution >= 0.6 is 0 Å². The van der Waals surface area contributed by atoms with Gasteiger partial charge in [0.25, 0.3) is 0 Å². The van der Waals surface area contributed by atoms with Gasteiger partial charge in [-0.25, -0.2) is 9.78 Å². The SMILES string of the molecule is NC1C2CN(Cc3ccc(-n4cccnc4=O)cc3)CC12. The molecule has 0 amide bonds. The van der Waals surface area contributed by atoms with Crippen molar-refractivity contribution in [2.24, 2.45) is 17.6 Å². The Morgan fingerprint density at radius 2 is 1.90 bits per heavy atom. The quantitative estimate of drug-likeness (QED) is 0.896. The Bertz CT molecular complexity index is 697. The van der Waals surface area contributed by atoms with Gasteiger partial charge in [0.15, 0.2) is 0 Å². The third-order valence-electron chi connectivity index (χ3n) is 4.67. The summed E-state index contributed by atoms with van der Waals surface area (Å²) < 4.78 is 1.55. The summed E-state index contributed by atoms with van der Waals surface area (Å²) in [7, 11) is 0. The minimum absolute atomic E-state index is 0.251. The molecule has 1 aromatic heterocycles. The van der Waals surface area contributed by atoms with E-state index in [1.807, 2.05) is 12.1 Å². The molecular weight excluding hydrogens is 264 g/mol. The molecule has 0 radical (unpaired) electrons. The lowest BCUT2D eigenvalue weighted by Gasteiger charge is -2.18. The molecular formula is C16H18N4O. The zero-order valence-corrected chi connectivity index (χ0v) is 11.7. The average Bonchev–Trinajstić information content (AvgIpc) is 2.92. The summed E-state index contributed by atoms with van der Waals surface area (Å²) in [6, 6.07) is 10.3. The molecule has 21 heavy (non-hydrogen) atoms. The van der Waals surface area contributed by atoms with Crippen LogP contribution in [0.4, 0.5) is 0 Å². The summed E-state index contributed by atoms with van der Waals surface area (Å²) in [6.45, 7) is 3.20. The summed E-state index contributed by atoms with van der Waals surface area (Å²) in [5.41, 5.74) is 7.83. The van der Waals surface area contributed by atoms with Crippen LogP contribution in [0.15, 0.2) is 47.5 Å². The van der Waals surface area contributed by atoms with E-state index in [4.69, 9.17) is 5.73 Å². The summed E-state index contributed by atoms with van der Waals surface area (Å²) in [6.07, 6.45) is 3.25. The van der Waals surface area contributed by atoms with Gasteiger partial charge in [0.2, 0.25) is 0 Å². The van der Waals surface area contributed by atoms with Crippen molar-refractivity contribution in [3.05, 3.63) is 58.8 Å². The highest BCUT2D eigenvalue weighted by molar-refractivity contribution is 5.34. The highest BCUT2D eigenvalue weighted by Crippen LogP contribution is 2.44. The van der Waals surface area contributed by atoms with Crippen LogP contribution in [-0.2, 0) is 6.54 Å². The van der Waals surface area contributed by atoms with Crippen molar-refractivity contribution in [3.63, 3.8) is 0 Å². The van der Waals surface area contributed by atoms with Gasteiger partial charge < -0.3 is 5.73 Å². The summed E-state index contributed by atoms with van der Waals surface area (Å²) in [5, 5.41) is 0. The maximum atomic E-state index is 11.7. The first-order valence-corrected chi connectivity index (χ1v) is 7.33. The van der Waals surface area contributed by atoms with Gasteiger partial charge in [-0.05, 0) is 35.6 Å². The summed E-state index contributed by atoms with van der Waals surface area (Å²) >= 11 is 0. The Labute approximate surface area is 123 Å². The van der Waals surface area contributed by atoms with Gasteiger partial charge in [-0.15, -0.1) is 0 Å². The van der Waals surface area contributed by atoms with Gasteiger partial charge in [0, 0.05) is 38.1 Å². The second kappa shape index (κ2) is 4.79. The van der Waals surface area contributed by atoms with E-state index in [-0.39, 0.29) is 5.69 Å². The van der Waals surface area contributed by atoms with Crippen molar-refractivity contribution >= 4 is 0 Å². The van der Waals surface area contributed by atoms with Crippen LogP contribution in [0.1, 0.15) is 5.56 Å². The Morgan fingerprint density at radius 3 is 2.57 bits per heavy atom. The maximum absolute atomic E-state index is 11.7. The molecule has 0 bridgehead atoms. The molecule has 108 valence electrons. The van der Waals surface area contributed by atoms with Crippen molar-refractivity contribution in [3.8, 4) is 5.69 Å². The zero-order chi connectivity index (χ0) is 14.4. The van der Waals surface area contributed by atoms with Gasteiger partial charge >= 0.3 is 5.69 Å². The van der Waals surface area contributed by atoms with Crippen molar-refractivity contribution in [2.75, 3.05) is 13.1 Å². The molecule has 1 aliphatic carbocycles. The molecule has 2 unspecified atom stereocenters. The molecule has 1 aromatic carbocycles. The fourth-order valence-corrected chi connectivity index (χ4v) is 3.36. The Hall–Kier alpha value is -1.98. The number of nitrogens with two attached hydrogens (primary N) is 1. The normalized spacial score (nSPS) is 27.6. The maximum Gasteiger partial charge on any atom is 0.352 e. The van der Waals surface area contributed by atoms with Crippen LogP contribution in [0, 0.1) is 11.8 Å². The molecule has 0 spiro atoms. The van der Waals surface area contributed by atoms with Crippen LogP contribution in [0.25, 0.3) is 5.69 Å². The van der Waals surface area contributed by atoms with Gasteiger partial charge in [-0.1, -0.05) is 12.1 Å². The first-order chi connectivity index (χ1) is 10.2.